The van der Waals surface area contributed by atoms with Crippen molar-refractivity contribution in [2.24, 2.45) is 11.8 Å². The maximum absolute atomic E-state index is 12.4. The van der Waals surface area contributed by atoms with Gasteiger partial charge in [0, 0.05) is 17.4 Å². The molecule has 0 N–H and O–H groups in total. The van der Waals surface area contributed by atoms with Crippen LogP contribution in [-0.2, 0) is 42.9 Å². The first-order valence-corrected chi connectivity index (χ1v) is 9.08. The third kappa shape index (κ3) is 2.46. The lowest BCUT2D eigenvalue weighted by atomic mass is 9.84. The van der Waals surface area contributed by atoms with Crippen LogP contribution in [0.25, 0.3) is 0 Å². The Hall–Kier alpha value is -1.94. The van der Waals surface area contributed by atoms with E-state index in [9.17, 15) is 22.8 Å². The van der Waals surface area contributed by atoms with Gasteiger partial charge in [0.05, 0.1) is 7.11 Å². The van der Waals surface area contributed by atoms with Gasteiger partial charge in [-0.05, 0) is 19.8 Å². The van der Waals surface area contributed by atoms with E-state index < -0.39 is 57.5 Å². The normalized spacial score (nSPS) is 36.7. The van der Waals surface area contributed by atoms with Crippen LogP contribution in [-0.4, -0.2) is 57.0 Å². The van der Waals surface area contributed by atoms with Gasteiger partial charge >= 0.3 is 17.9 Å². The monoisotopic (exact) mass is 374 g/mol. The van der Waals surface area contributed by atoms with Crippen LogP contribution in [0.5, 0.6) is 0 Å². The van der Waals surface area contributed by atoms with Gasteiger partial charge in [0.25, 0.3) is 10.1 Å². The highest BCUT2D eigenvalue weighted by Gasteiger charge is 2.77. The SMILES string of the molecule is C=C(C)C(=O)OCC(=O)OC1C2CC3C1OS(=O)(=O)C3(C(=O)OC)C2. The summed E-state index contributed by atoms with van der Waals surface area (Å²) in [6.07, 6.45) is -1.38. The molecule has 1 aliphatic heterocycles. The van der Waals surface area contributed by atoms with Crippen LogP contribution in [0.15, 0.2) is 12.2 Å². The third-order valence-corrected chi connectivity index (χ3v) is 7.06. The Labute approximate surface area is 144 Å². The van der Waals surface area contributed by atoms with Gasteiger partial charge in [0.1, 0.15) is 12.2 Å². The summed E-state index contributed by atoms with van der Waals surface area (Å²) < 4.78 is 42.8. The van der Waals surface area contributed by atoms with Gasteiger partial charge in [0.15, 0.2) is 11.4 Å². The molecular weight excluding hydrogens is 356 g/mol. The van der Waals surface area contributed by atoms with E-state index in [4.69, 9.17) is 13.7 Å². The molecule has 5 unspecified atom stereocenters. The third-order valence-electron chi connectivity index (χ3n) is 5.06. The van der Waals surface area contributed by atoms with Gasteiger partial charge in [-0.15, -0.1) is 0 Å². The fraction of sp³-hybridized carbons (Fsp3) is 0.667. The lowest BCUT2D eigenvalue weighted by Crippen LogP contribution is -2.50. The summed E-state index contributed by atoms with van der Waals surface area (Å²) >= 11 is 0. The molecule has 3 fully saturated rings. The zero-order chi connectivity index (χ0) is 18.6. The van der Waals surface area contributed by atoms with Crippen LogP contribution in [0.1, 0.15) is 19.8 Å². The Morgan fingerprint density at radius 2 is 2.00 bits per heavy atom. The van der Waals surface area contributed by atoms with Gasteiger partial charge in [-0.2, -0.15) is 8.42 Å². The molecule has 0 aromatic carbocycles. The molecule has 2 saturated carbocycles. The zero-order valence-corrected chi connectivity index (χ0v) is 14.5. The molecule has 0 aromatic heterocycles. The van der Waals surface area contributed by atoms with E-state index in [-0.39, 0.29) is 17.9 Å². The van der Waals surface area contributed by atoms with Crippen molar-refractivity contribution in [1.82, 2.24) is 0 Å². The number of hydrogen-bond acceptors (Lipinski definition) is 9. The number of rotatable bonds is 5. The van der Waals surface area contributed by atoms with Crippen LogP contribution in [0.2, 0.25) is 0 Å². The van der Waals surface area contributed by atoms with Crippen molar-refractivity contribution in [1.29, 1.82) is 0 Å². The molecule has 0 aromatic rings. The van der Waals surface area contributed by atoms with E-state index in [2.05, 4.69) is 11.3 Å². The van der Waals surface area contributed by atoms with E-state index in [1.54, 1.807) is 0 Å². The van der Waals surface area contributed by atoms with E-state index >= 15 is 0 Å². The second-order valence-corrected chi connectivity index (χ2v) is 8.34. The summed E-state index contributed by atoms with van der Waals surface area (Å²) in [7, 11) is -3.05. The van der Waals surface area contributed by atoms with Crippen molar-refractivity contribution in [2.75, 3.05) is 13.7 Å². The number of esters is 3. The molecule has 5 atom stereocenters. The minimum absolute atomic E-state index is 0.0212. The Balaban J connectivity index is 1.71. The smallest absolute Gasteiger partial charge is 0.344 e. The second kappa shape index (κ2) is 5.80. The predicted molar refractivity (Wildman–Crippen MR) is 80.4 cm³/mol. The first-order valence-electron chi connectivity index (χ1n) is 7.67. The molecule has 3 aliphatic rings. The Morgan fingerprint density at radius 3 is 2.60 bits per heavy atom. The summed E-state index contributed by atoms with van der Waals surface area (Å²) in [6, 6.07) is 0. The van der Waals surface area contributed by atoms with Crippen LogP contribution in [0, 0.1) is 11.8 Å². The largest absolute Gasteiger partial charge is 0.468 e. The summed E-state index contributed by atoms with van der Waals surface area (Å²) in [5.74, 6) is -3.35. The molecule has 10 heteroatoms. The lowest BCUT2D eigenvalue weighted by molar-refractivity contribution is -0.166. The first-order chi connectivity index (χ1) is 11.6. The molecule has 0 radical (unpaired) electrons. The first kappa shape index (κ1) is 17.9. The van der Waals surface area contributed by atoms with Crippen molar-refractivity contribution >= 4 is 28.0 Å². The molecular formula is C15H18O9S. The molecule has 1 heterocycles. The molecule has 2 bridgehead atoms. The molecule has 0 spiro atoms. The quantitative estimate of drug-likeness (QED) is 0.276. The summed E-state index contributed by atoms with van der Waals surface area (Å²) in [6.45, 7) is 4.22. The minimum atomic E-state index is -4.17. The Morgan fingerprint density at radius 1 is 1.32 bits per heavy atom. The maximum Gasteiger partial charge on any atom is 0.344 e. The Bertz CT molecular complexity index is 755. The number of carbonyl (C=O) groups excluding carboxylic acids is 3. The summed E-state index contributed by atoms with van der Waals surface area (Å²) in [5, 5.41) is 0. The summed E-state index contributed by atoms with van der Waals surface area (Å²) in [5.41, 5.74) is 0.140. The van der Waals surface area contributed by atoms with Crippen LogP contribution < -0.4 is 0 Å². The van der Waals surface area contributed by atoms with Gasteiger partial charge in [0.2, 0.25) is 0 Å². The number of ether oxygens (including phenoxy) is 3. The van der Waals surface area contributed by atoms with Crippen molar-refractivity contribution in [3.8, 4) is 0 Å². The highest BCUT2D eigenvalue weighted by atomic mass is 32.2. The minimum Gasteiger partial charge on any atom is -0.468 e. The second-order valence-electron chi connectivity index (χ2n) is 6.51. The highest BCUT2D eigenvalue weighted by molar-refractivity contribution is 7.89. The van der Waals surface area contributed by atoms with Gasteiger partial charge in [-0.25, -0.2) is 9.59 Å². The van der Waals surface area contributed by atoms with Crippen LogP contribution in [0.4, 0.5) is 0 Å². The molecule has 1 saturated heterocycles. The standard InChI is InChI=1S/C15H18O9S/c1-7(2)13(17)22-6-10(16)23-11-8-4-9-12(11)24-25(19,20)15(9,5-8)14(18)21-3/h8-9,11-12H,1,4-6H2,2-3H3. The fourth-order valence-corrected chi connectivity index (χ4v) is 6.05. The average Bonchev–Trinajstić information content (AvgIpc) is 3.13. The predicted octanol–water partition coefficient (Wildman–Crippen LogP) is -0.302. The van der Waals surface area contributed by atoms with Crippen molar-refractivity contribution in [3.63, 3.8) is 0 Å². The summed E-state index contributed by atoms with van der Waals surface area (Å²) in [4.78, 5) is 35.3. The van der Waals surface area contributed by atoms with E-state index in [0.29, 0.717) is 6.42 Å². The molecule has 9 nitrogen and oxygen atoms in total. The zero-order valence-electron chi connectivity index (χ0n) is 13.7. The van der Waals surface area contributed by atoms with Crippen molar-refractivity contribution < 1.29 is 41.2 Å². The topological polar surface area (TPSA) is 122 Å². The maximum atomic E-state index is 12.4. The fourth-order valence-electron chi connectivity index (χ4n) is 4.04. The average molecular weight is 374 g/mol. The number of methoxy groups -OCH3 is 1. The van der Waals surface area contributed by atoms with E-state index in [1.165, 1.54) is 6.92 Å². The van der Waals surface area contributed by atoms with E-state index in [1.807, 2.05) is 0 Å². The Kier molecular flexibility index (Phi) is 4.15. The van der Waals surface area contributed by atoms with Gasteiger partial charge in [-0.3, -0.25) is 8.98 Å². The van der Waals surface area contributed by atoms with Gasteiger partial charge in [-0.1, -0.05) is 6.58 Å². The van der Waals surface area contributed by atoms with Gasteiger partial charge < -0.3 is 14.2 Å². The number of fused-ring (bicyclic) bond motifs is 1. The highest BCUT2D eigenvalue weighted by Crippen LogP contribution is 2.62. The lowest BCUT2D eigenvalue weighted by Gasteiger charge is -2.30. The molecule has 138 valence electrons. The van der Waals surface area contributed by atoms with Crippen molar-refractivity contribution in [2.45, 2.75) is 36.7 Å². The molecule has 2 aliphatic carbocycles. The van der Waals surface area contributed by atoms with Crippen molar-refractivity contribution in [3.05, 3.63) is 12.2 Å². The number of carbonyl (C=O) groups is 3. The molecule has 25 heavy (non-hydrogen) atoms. The molecule has 3 rings (SSSR count). The van der Waals surface area contributed by atoms with Crippen LogP contribution in [0.3, 0.4) is 0 Å². The number of hydrogen-bond donors (Lipinski definition) is 0. The van der Waals surface area contributed by atoms with E-state index in [0.717, 1.165) is 7.11 Å². The molecule has 0 amide bonds. The van der Waals surface area contributed by atoms with Crippen LogP contribution >= 0.6 is 0 Å².